The van der Waals surface area contributed by atoms with Gasteiger partial charge < -0.3 is 5.11 Å². The largest absolute Gasteiger partial charge is 0.507 e. The Hall–Kier alpha value is -1.75. The normalized spacial score (nSPS) is 17.6. The maximum atomic E-state index is 11.4. The summed E-state index contributed by atoms with van der Waals surface area (Å²) in [4.78, 5) is 22.7. The molecular weight excluding hydrogens is 238 g/mol. The Morgan fingerprint density at radius 1 is 1.24 bits per heavy atom. The fourth-order valence-corrected chi connectivity index (χ4v) is 2.33. The number of carbonyl (C=O) groups excluding carboxylic acids is 2. The molecule has 1 saturated heterocycles. The summed E-state index contributed by atoms with van der Waals surface area (Å²) < 4.78 is 0. The highest BCUT2D eigenvalue weighted by Gasteiger charge is 2.24. The lowest BCUT2D eigenvalue weighted by molar-refractivity contribution is -0.115. The van der Waals surface area contributed by atoms with E-state index < -0.39 is 0 Å². The van der Waals surface area contributed by atoms with Crippen molar-refractivity contribution in [2.45, 2.75) is 13.8 Å². The summed E-state index contributed by atoms with van der Waals surface area (Å²) in [6, 6.07) is 3.54. The number of phenols is 1. The lowest BCUT2D eigenvalue weighted by Crippen LogP contribution is -2.17. The lowest BCUT2D eigenvalue weighted by Gasteiger charge is -2.04. The third-order valence-corrected chi connectivity index (χ3v) is 3.26. The van der Waals surface area contributed by atoms with E-state index in [1.165, 1.54) is 0 Å². The van der Waals surface area contributed by atoms with Gasteiger partial charge in [-0.2, -0.15) is 0 Å². The zero-order valence-electron chi connectivity index (χ0n) is 9.40. The third-order valence-electron chi connectivity index (χ3n) is 2.45. The van der Waals surface area contributed by atoms with Crippen LogP contribution in [0.1, 0.15) is 16.7 Å². The molecule has 0 unspecified atom stereocenters. The molecule has 1 aromatic rings. The summed E-state index contributed by atoms with van der Waals surface area (Å²) in [6.45, 7) is 3.58. The van der Waals surface area contributed by atoms with Crippen molar-refractivity contribution in [1.29, 1.82) is 0 Å². The van der Waals surface area contributed by atoms with Crippen molar-refractivity contribution < 1.29 is 14.7 Å². The second kappa shape index (κ2) is 4.25. The van der Waals surface area contributed by atoms with E-state index in [1.807, 2.05) is 0 Å². The Bertz CT molecular complexity index is 526. The minimum atomic E-state index is -0.372. The molecule has 17 heavy (non-hydrogen) atoms. The molecule has 1 aliphatic rings. The Morgan fingerprint density at radius 3 is 2.29 bits per heavy atom. The highest BCUT2D eigenvalue weighted by molar-refractivity contribution is 8.18. The number of aromatic hydroxyl groups is 1. The van der Waals surface area contributed by atoms with Crippen LogP contribution in [-0.4, -0.2) is 16.3 Å². The quantitative estimate of drug-likeness (QED) is 0.750. The first-order valence-electron chi connectivity index (χ1n) is 5.02. The van der Waals surface area contributed by atoms with Crippen LogP contribution in [0.5, 0.6) is 5.75 Å². The van der Waals surface area contributed by atoms with Crippen LogP contribution in [0, 0.1) is 13.8 Å². The van der Waals surface area contributed by atoms with Gasteiger partial charge in [0.25, 0.3) is 11.1 Å². The molecule has 1 aromatic carbocycles. The number of nitrogens with one attached hydrogen (secondary N) is 1. The highest BCUT2D eigenvalue weighted by atomic mass is 32.2. The molecule has 88 valence electrons. The first-order valence-corrected chi connectivity index (χ1v) is 5.84. The highest BCUT2D eigenvalue weighted by Crippen LogP contribution is 2.28. The molecule has 0 bridgehead atoms. The zero-order chi connectivity index (χ0) is 12.6. The number of phenolic OH excluding ortho intramolecular Hbond substituents is 1. The number of carbonyl (C=O) groups is 2. The predicted molar refractivity (Wildman–Crippen MR) is 66.7 cm³/mol. The van der Waals surface area contributed by atoms with E-state index >= 15 is 0 Å². The SMILES string of the molecule is Cc1cc(C=C2SC(=O)NC2=O)cc(C)c1O. The maximum Gasteiger partial charge on any atom is 0.290 e. The van der Waals surface area contributed by atoms with Crippen LogP contribution in [0.25, 0.3) is 6.08 Å². The van der Waals surface area contributed by atoms with E-state index in [-0.39, 0.29) is 16.9 Å². The van der Waals surface area contributed by atoms with Gasteiger partial charge in [0.2, 0.25) is 0 Å². The van der Waals surface area contributed by atoms with Gasteiger partial charge in [0.15, 0.2) is 0 Å². The van der Waals surface area contributed by atoms with Crippen LogP contribution in [0.3, 0.4) is 0 Å². The maximum absolute atomic E-state index is 11.4. The van der Waals surface area contributed by atoms with Gasteiger partial charge in [-0.05, 0) is 60.5 Å². The molecule has 2 rings (SSSR count). The number of rotatable bonds is 1. The predicted octanol–water partition coefficient (Wildman–Crippen LogP) is 2.33. The van der Waals surface area contributed by atoms with Crippen molar-refractivity contribution in [3.8, 4) is 5.75 Å². The summed E-state index contributed by atoms with van der Waals surface area (Å²) in [7, 11) is 0. The molecule has 5 heteroatoms. The van der Waals surface area contributed by atoms with Crippen molar-refractivity contribution in [1.82, 2.24) is 5.32 Å². The second-order valence-electron chi connectivity index (χ2n) is 3.86. The van der Waals surface area contributed by atoms with Gasteiger partial charge in [0, 0.05) is 0 Å². The molecule has 2 N–H and O–H groups in total. The zero-order valence-corrected chi connectivity index (χ0v) is 10.2. The van der Waals surface area contributed by atoms with Gasteiger partial charge in [-0.15, -0.1) is 0 Å². The average Bonchev–Trinajstić information content (AvgIpc) is 2.54. The van der Waals surface area contributed by atoms with Crippen molar-refractivity contribution in [3.63, 3.8) is 0 Å². The van der Waals surface area contributed by atoms with Gasteiger partial charge in [-0.1, -0.05) is 0 Å². The molecule has 0 aromatic heterocycles. The Labute approximate surface area is 103 Å². The lowest BCUT2D eigenvalue weighted by atomic mass is 10.1. The standard InChI is InChI=1S/C12H11NO3S/c1-6-3-8(4-7(2)10(6)14)5-9-11(15)13-12(16)17-9/h3-5,14H,1-2H3,(H,13,15,16). The average molecular weight is 249 g/mol. The van der Waals surface area contributed by atoms with Crippen LogP contribution >= 0.6 is 11.8 Å². The van der Waals surface area contributed by atoms with Crippen LogP contribution in [0.15, 0.2) is 17.0 Å². The Kier molecular flexibility index (Phi) is 2.93. The minimum Gasteiger partial charge on any atom is -0.507 e. The van der Waals surface area contributed by atoms with Crippen LogP contribution in [-0.2, 0) is 4.79 Å². The van der Waals surface area contributed by atoms with Crippen LogP contribution < -0.4 is 5.32 Å². The van der Waals surface area contributed by atoms with Crippen molar-refractivity contribution in [2.75, 3.05) is 0 Å². The van der Waals surface area contributed by atoms with E-state index in [4.69, 9.17) is 0 Å². The summed E-state index contributed by atoms with van der Waals surface area (Å²) in [6.07, 6.45) is 1.64. The Balaban J connectivity index is 2.40. The van der Waals surface area contributed by atoms with E-state index in [0.717, 1.165) is 28.5 Å². The van der Waals surface area contributed by atoms with Crippen molar-refractivity contribution >= 4 is 29.0 Å². The molecule has 2 amide bonds. The van der Waals surface area contributed by atoms with Crippen LogP contribution in [0.4, 0.5) is 4.79 Å². The number of hydrogen-bond donors (Lipinski definition) is 2. The van der Waals surface area contributed by atoms with Gasteiger partial charge in [-0.25, -0.2) is 0 Å². The van der Waals surface area contributed by atoms with E-state index in [9.17, 15) is 14.7 Å². The molecule has 1 heterocycles. The van der Waals surface area contributed by atoms with E-state index in [0.29, 0.717) is 4.91 Å². The number of hydrogen-bond acceptors (Lipinski definition) is 4. The molecule has 1 aliphatic heterocycles. The molecule has 0 aliphatic carbocycles. The van der Waals surface area contributed by atoms with Gasteiger partial charge in [0.05, 0.1) is 4.91 Å². The minimum absolute atomic E-state index is 0.256. The molecular formula is C12H11NO3S. The fourth-order valence-electron chi connectivity index (χ4n) is 1.65. The molecule has 0 atom stereocenters. The number of benzene rings is 1. The molecule has 0 radical (unpaired) electrons. The third kappa shape index (κ3) is 2.34. The monoisotopic (exact) mass is 249 g/mol. The summed E-state index contributed by atoms with van der Waals surface area (Å²) >= 11 is 0.883. The van der Waals surface area contributed by atoms with Crippen molar-refractivity contribution in [2.24, 2.45) is 0 Å². The summed E-state index contributed by atoms with van der Waals surface area (Å²) in [5.74, 6) is -0.116. The summed E-state index contributed by atoms with van der Waals surface area (Å²) in [5, 5.41) is 11.5. The molecule has 0 saturated carbocycles. The number of amides is 2. The van der Waals surface area contributed by atoms with E-state index in [2.05, 4.69) is 5.32 Å². The van der Waals surface area contributed by atoms with Crippen LogP contribution in [0.2, 0.25) is 0 Å². The van der Waals surface area contributed by atoms with Crippen molar-refractivity contribution in [3.05, 3.63) is 33.7 Å². The first kappa shape index (κ1) is 11.7. The topological polar surface area (TPSA) is 66.4 Å². The van der Waals surface area contributed by atoms with E-state index in [1.54, 1.807) is 32.1 Å². The smallest absolute Gasteiger partial charge is 0.290 e. The molecule has 0 spiro atoms. The van der Waals surface area contributed by atoms with Gasteiger partial charge in [-0.3, -0.25) is 14.9 Å². The van der Waals surface area contributed by atoms with Gasteiger partial charge >= 0.3 is 0 Å². The Morgan fingerprint density at radius 2 is 1.82 bits per heavy atom. The number of aryl methyl sites for hydroxylation is 2. The summed E-state index contributed by atoms with van der Waals surface area (Å²) in [5.41, 5.74) is 2.28. The van der Waals surface area contributed by atoms with Gasteiger partial charge in [0.1, 0.15) is 5.75 Å². The second-order valence-corrected chi connectivity index (χ2v) is 4.87. The molecule has 4 nitrogen and oxygen atoms in total. The first-order chi connectivity index (χ1) is 7.97. The number of thioether (sulfide) groups is 1. The molecule has 1 fully saturated rings. The fraction of sp³-hybridized carbons (Fsp3) is 0.167. The number of imide groups is 1.